The van der Waals surface area contributed by atoms with E-state index in [2.05, 4.69) is 17.2 Å². The minimum absolute atomic E-state index is 0.786. The van der Waals surface area contributed by atoms with E-state index in [-0.39, 0.29) is 0 Å². The Morgan fingerprint density at radius 1 is 1.00 bits per heavy atom. The van der Waals surface area contributed by atoms with Gasteiger partial charge in [-0.25, -0.2) is 0 Å². The van der Waals surface area contributed by atoms with Crippen LogP contribution in [0.15, 0.2) is 12.7 Å². The van der Waals surface area contributed by atoms with Gasteiger partial charge in [0.1, 0.15) is 0 Å². The normalized spacial score (nSPS) is 10.2. The average Bonchev–Trinajstić information content (AvgIpc) is 2.16. The van der Waals surface area contributed by atoms with Crippen LogP contribution >= 0.6 is 0 Å². The molecule has 3 nitrogen and oxygen atoms in total. The maximum Gasteiger partial charge on any atom is 0.0132 e. The van der Waals surface area contributed by atoms with Gasteiger partial charge >= 0.3 is 0 Å². The van der Waals surface area contributed by atoms with Crippen molar-refractivity contribution in [1.82, 2.24) is 10.6 Å². The smallest absolute Gasteiger partial charge is 0.0132 e. The second-order valence-corrected chi connectivity index (χ2v) is 3.09. The summed E-state index contributed by atoms with van der Waals surface area (Å²) in [4.78, 5) is 0. The molecule has 0 aliphatic rings. The second-order valence-electron chi connectivity index (χ2n) is 3.09. The lowest BCUT2D eigenvalue weighted by atomic mass is 10.3. The molecule has 0 fully saturated rings. The standard InChI is InChI=1S/C10H23N3/c1-2-7-12-8-3-4-9-13-10-5-6-11/h2,12-13H,1,3-11H2. The van der Waals surface area contributed by atoms with Gasteiger partial charge in [0, 0.05) is 6.54 Å². The highest BCUT2D eigenvalue weighted by atomic mass is 14.9. The zero-order chi connectivity index (χ0) is 9.78. The summed E-state index contributed by atoms with van der Waals surface area (Å²) < 4.78 is 0. The van der Waals surface area contributed by atoms with E-state index in [1.54, 1.807) is 0 Å². The Morgan fingerprint density at radius 3 is 2.23 bits per heavy atom. The number of rotatable bonds is 10. The van der Waals surface area contributed by atoms with Gasteiger partial charge in [-0.05, 0) is 45.4 Å². The SMILES string of the molecule is C=CCNCCCCNCCCN. The van der Waals surface area contributed by atoms with Crippen molar-refractivity contribution in [2.75, 3.05) is 32.7 Å². The van der Waals surface area contributed by atoms with Crippen molar-refractivity contribution >= 4 is 0 Å². The molecule has 0 bridgehead atoms. The zero-order valence-corrected chi connectivity index (χ0v) is 8.52. The van der Waals surface area contributed by atoms with Crippen LogP contribution in [0.3, 0.4) is 0 Å². The first kappa shape index (κ1) is 12.6. The first-order valence-corrected chi connectivity index (χ1v) is 5.14. The predicted molar refractivity (Wildman–Crippen MR) is 58.8 cm³/mol. The first-order chi connectivity index (χ1) is 6.41. The number of nitrogens with one attached hydrogen (secondary N) is 2. The molecule has 3 heteroatoms. The molecule has 0 aliphatic heterocycles. The maximum absolute atomic E-state index is 5.36. The van der Waals surface area contributed by atoms with Crippen molar-refractivity contribution in [3.05, 3.63) is 12.7 Å². The van der Waals surface area contributed by atoms with Gasteiger partial charge in [-0.2, -0.15) is 0 Å². The lowest BCUT2D eigenvalue weighted by Gasteiger charge is -2.03. The van der Waals surface area contributed by atoms with Crippen molar-refractivity contribution < 1.29 is 0 Å². The summed E-state index contributed by atoms with van der Waals surface area (Å²) in [6.07, 6.45) is 5.42. The minimum Gasteiger partial charge on any atom is -0.330 e. The fourth-order valence-corrected chi connectivity index (χ4v) is 1.06. The molecule has 0 amide bonds. The molecule has 0 aromatic heterocycles. The lowest BCUT2D eigenvalue weighted by Crippen LogP contribution is -2.21. The predicted octanol–water partition coefficient (Wildman–Crippen LogP) is 0.481. The van der Waals surface area contributed by atoms with Crippen molar-refractivity contribution in [3.63, 3.8) is 0 Å². The van der Waals surface area contributed by atoms with Crippen LogP contribution in [0, 0.1) is 0 Å². The molecule has 0 saturated carbocycles. The van der Waals surface area contributed by atoms with Crippen molar-refractivity contribution in [3.8, 4) is 0 Å². The molecule has 0 heterocycles. The molecule has 0 saturated heterocycles. The van der Waals surface area contributed by atoms with E-state index < -0.39 is 0 Å². The van der Waals surface area contributed by atoms with E-state index in [1.165, 1.54) is 12.8 Å². The first-order valence-electron chi connectivity index (χ1n) is 5.14. The number of hydrogen-bond donors (Lipinski definition) is 3. The highest BCUT2D eigenvalue weighted by Crippen LogP contribution is 1.84. The summed E-state index contributed by atoms with van der Waals surface area (Å²) in [5.74, 6) is 0. The molecule has 0 radical (unpaired) electrons. The van der Waals surface area contributed by atoms with Crippen LogP contribution in [0.5, 0.6) is 0 Å². The van der Waals surface area contributed by atoms with Crippen LogP contribution < -0.4 is 16.4 Å². The molecular weight excluding hydrogens is 162 g/mol. The molecule has 4 N–H and O–H groups in total. The third-order valence-corrected chi connectivity index (χ3v) is 1.80. The van der Waals surface area contributed by atoms with Gasteiger partial charge < -0.3 is 16.4 Å². The van der Waals surface area contributed by atoms with Gasteiger partial charge in [0.25, 0.3) is 0 Å². The quantitative estimate of drug-likeness (QED) is 0.343. The van der Waals surface area contributed by atoms with Crippen molar-refractivity contribution in [2.24, 2.45) is 5.73 Å². The van der Waals surface area contributed by atoms with Crippen LogP contribution in [0.2, 0.25) is 0 Å². The molecule has 0 spiro atoms. The van der Waals surface area contributed by atoms with Crippen molar-refractivity contribution in [2.45, 2.75) is 19.3 Å². The Kier molecular flexibility index (Phi) is 11.3. The number of hydrogen-bond acceptors (Lipinski definition) is 3. The third-order valence-electron chi connectivity index (χ3n) is 1.80. The minimum atomic E-state index is 0.786. The van der Waals surface area contributed by atoms with Gasteiger partial charge in [0.05, 0.1) is 0 Å². The van der Waals surface area contributed by atoms with Crippen LogP contribution in [0.1, 0.15) is 19.3 Å². The van der Waals surface area contributed by atoms with Gasteiger partial charge in [-0.3, -0.25) is 0 Å². The Labute approximate surface area is 81.8 Å². The van der Waals surface area contributed by atoms with E-state index in [0.29, 0.717) is 0 Å². The Bertz CT molecular complexity index is 104. The lowest BCUT2D eigenvalue weighted by molar-refractivity contribution is 0.588. The monoisotopic (exact) mass is 185 g/mol. The largest absolute Gasteiger partial charge is 0.330 e. The highest BCUT2D eigenvalue weighted by Gasteiger charge is 1.88. The average molecular weight is 185 g/mol. The van der Waals surface area contributed by atoms with Gasteiger partial charge in [0.15, 0.2) is 0 Å². The number of unbranched alkanes of at least 4 members (excludes halogenated alkanes) is 1. The topological polar surface area (TPSA) is 50.1 Å². The summed E-state index contributed by atoms with van der Waals surface area (Å²) in [5.41, 5.74) is 5.36. The summed E-state index contributed by atoms with van der Waals surface area (Å²) in [6, 6.07) is 0. The summed E-state index contributed by atoms with van der Waals surface area (Å²) in [5, 5.41) is 6.62. The second kappa shape index (κ2) is 11.6. The van der Waals surface area contributed by atoms with Gasteiger partial charge in [-0.1, -0.05) is 6.08 Å². The molecule has 78 valence electrons. The highest BCUT2D eigenvalue weighted by molar-refractivity contribution is 4.69. The summed E-state index contributed by atoms with van der Waals surface area (Å²) in [7, 11) is 0. The van der Waals surface area contributed by atoms with Crippen LogP contribution in [0.25, 0.3) is 0 Å². The maximum atomic E-state index is 5.36. The van der Waals surface area contributed by atoms with Crippen LogP contribution in [0.4, 0.5) is 0 Å². The molecule has 0 aromatic carbocycles. The molecule has 0 aromatic rings. The van der Waals surface area contributed by atoms with Gasteiger partial charge in [-0.15, -0.1) is 6.58 Å². The molecule has 13 heavy (non-hydrogen) atoms. The van der Waals surface area contributed by atoms with E-state index in [0.717, 1.165) is 39.1 Å². The van der Waals surface area contributed by atoms with Gasteiger partial charge in [0.2, 0.25) is 0 Å². The summed E-state index contributed by atoms with van der Waals surface area (Å²) >= 11 is 0. The fraction of sp³-hybridized carbons (Fsp3) is 0.800. The number of nitrogens with two attached hydrogens (primary N) is 1. The molecular formula is C10H23N3. The van der Waals surface area contributed by atoms with E-state index in [1.807, 2.05) is 6.08 Å². The Morgan fingerprint density at radius 2 is 1.62 bits per heavy atom. The molecule has 0 rings (SSSR count). The Balaban J connectivity index is 2.79. The van der Waals surface area contributed by atoms with Crippen LogP contribution in [-0.4, -0.2) is 32.7 Å². The molecule has 0 unspecified atom stereocenters. The fourth-order valence-electron chi connectivity index (χ4n) is 1.06. The molecule has 0 aliphatic carbocycles. The molecule has 0 atom stereocenters. The zero-order valence-electron chi connectivity index (χ0n) is 8.52. The van der Waals surface area contributed by atoms with Crippen LogP contribution in [-0.2, 0) is 0 Å². The van der Waals surface area contributed by atoms with Crippen molar-refractivity contribution in [1.29, 1.82) is 0 Å². The van der Waals surface area contributed by atoms with E-state index in [9.17, 15) is 0 Å². The summed E-state index contributed by atoms with van der Waals surface area (Å²) in [6.45, 7) is 8.59. The Hall–Kier alpha value is -0.380. The third kappa shape index (κ3) is 11.6. The van der Waals surface area contributed by atoms with E-state index in [4.69, 9.17) is 5.73 Å². The van der Waals surface area contributed by atoms with E-state index >= 15 is 0 Å².